The van der Waals surface area contributed by atoms with E-state index in [1.54, 1.807) is 7.11 Å². The first kappa shape index (κ1) is 12.4. The van der Waals surface area contributed by atoms with Crippen LogP contribution in [-0.4, -0.2) is 32.6 Å². The molecule has 1 aliphatic rings. The molecule has 0 saturated carbocycles. The van der Waals surface area contributed by atoms with Crippen molar-refractivity contribution < 1.29 is 4.74 Å². The molecule has 1 atom stereocenters. The van der Waals surface area contributed by atoms with E-state index in [1.807, 2.05) is 6.07 Å². The molecule has 1 aromatic rings. The Hall–Kier alpha value is -1.06. The maximum absolute atomic E-state index is 6.06. The lowest BCUT2D eigenvalue weighted by atomic mass is 9.75. The summed E-state index contributed by atoms with van der Waals surface area (Å²) < 4.78 is 5.34. The number of nitrogens with zero attached hydrogens (tertiary/aromatic N) is 1. The Morgan fingerprint density at radius 1 is 1.41 bits per heavy atom. The molecule has 3 heteroatoms. The second-order valence-electron chi connectivity index (χ2n) is 5.01. The highest BCUT2D eigenvalue weighted by Crippen LogP contribution is 2.39. The zero-order valence-electron chi connectivity index (χ0n) is 11.0. The smallest absolute Gasteiger partial charge is 0.119 e. The Bertz CT molecular complexity index is 403. The van der Waals surface area contributed by atoms with E-state index >= 15 is 0 Å². The molecule has 0 amide bonds. The van der Waals surface area contributed by atoms with Gasteiger partial charge in [0, 0.05) is 6.54 Å². The van der Waals surface area contributed by atoms with E-state index in [0.29, 0.717) is 6.54 Å². The molecule has 2 rings (SSSR count). The highest BCUT2D eigenvalue weighted by molar-refractivity contribution is 5.42. The Balaban J connectivity index is 2.54. The monoisotopic (exact) mass is 234 g/mol. The molecule has 1 aromatic carbocycles. The van der Waals surface area contributed by atoms with Gasteiger partial charge >= 0.3 is 0 Å². The molecule has 1 aliphatic carbocycles. The lowest BCUT2D eigenvalue weighted by molar-refractivity contribution is 0.134. The third-order valence-corrected chi connectivity index (χ3v) is 4.05. The summed E-state index contributed by atoms with van der Waals surface area (Å²) in [5.41, 5.74) is 8.79. The van der Waals surface area contributed by atoms with E-state index in [9.17, 15) is 0 Å². The van der Waals surface area contributed by atoms with Gasteiger partial charge in [-0.1, -0.05) is 6.07 Å². The zero-order chi connectivity index (χ0) is 12.5. The SMILES string of the molecule is COc1ccc2c(c1)C(CN)(N(C)C)CCC2. The van der Waals surface area contributed by atoms with Crippen molar-refractivity contribution in [2.24, 2.45) is 5.73 Å². The fraction of sp³-hybridized carbons (Fsp3) is 0.571. The second-order valence-corrected chi connectivity index (χ2v) is 5.01. The Morgan fingerprint density at radius 2 is 2.18 bits per heavy atom. The lowest BCUT2D eigenvalue weighted by Gasteiger charge is -2.43. The number of ether oxygens (including phenoxy) is 1. The summed E-state index contributed by atoms with van der Waals surface area (Å²) in [4.78, 5) is 2.25. The van der Waals surface area contributed by atoms with Gasteiger partial charge in [0.25, 0.3) is 0 Å². The van der Waals surface area contributed by atoms with Gasteiger partial charge < -0.3 is 10.5 Å². The Labute approximate surface area is 104 Å². The molecule has 17 heavy (non-hydrogen) atoms. The Kier molecular flexibility index (Phi) is 3.40. The summed E-state index contributed by atoms with van der Waals surface area (Å²) in [5.74, 6) is 0.922. The maximum Gasteiger partial charge on any atom is 0.119 e. The molecule has 0 bridgehead atoms. The van der Waals surface area contributed by atoms with Gasteiger partial charge in [0.15, 0.2) is 0 Å². The van der Waals surface area contributed by atoms with Crippen LogP contribution < -0.4 is 10.5 Å². The molecule has 0 aromatic heterocycles. The minimum Gasteiger partial charge on any atom is -0.497 e. The Morgan fingerprint density at radius 3 is 2.76 bits per heavy atom. The average molecular weight is 234 g/mol. The molecule has 94 valence electrons. The van der Waals surface area contributed by atoms with Gasteiger partial charge in [-0.25, -0.2) is 0 Å². The minimum absolute atomic E-state index is 0.0257. The molecular weight excluding hydrogens is 212 g/mol. The quantitative estimate of drug-likeness (QED) is 0.866. The molecule has 0 aliphatic heterocycles. The van der Waals surface area contributed by atoms with Gasteiger partial charge in [-0.3, -0.25) is 4.90 Å². The van der Waals surface area contributed by atoms with Crippen LogP contribution in [0.1, 0.15) is 24.0 Å². The van der Waals surface area contributed by atoms with Gasteiger partial charge in [-0.05, 0) is 56.6 Å². The van der Waals surface area contributed by atoms with Crippen LogP contribution in [0, 0.1) is 0 Å². The van der Waals surface area contributed by atoms with Crippen LogP contribution in [0.15, 0.2) is 18.2 Å². The number of hydrogen-bond donors (Lipinski definition) is 1. The second kappa shape index (κ2) is 4.67. The van der Waals surface area contributed by atoms with Gasteiger partial charge in [-0.15, -0.1) is 0 Å². The summed E-state index contributed by atoms with van der Waals surface area (Å²) >= 11 is 0. The van der Waals surface area contributed by atoms with Gasteiger partial charge in [0.05, 0.1) is 12.6 Å². The highest BCUT2D eigenvalue weighted by atomic mass is 16.5. The highest BCUT2D eigenvalue weighted by Gasteiger charge is 2.37. The van der Waals surface area contributed by atoms with Crippen LogP contribution in [0.4, 0.5) is 0 Å². The predicted octanol–water partition coefficient (Wildman–Crippen LogP) is 1.75. The van der Waals surface area contributed by atoms with E-state index in [-0.39, 0.29) is 5.54 Å². The first-order chi connectivity index (χ1) is 8.14. The number of fused-ring (bicyclic) bond motifs is 1. The van der Waals surface area contributed by atoms with Crippen molar-refractivity contribution in [3.8, 4) is 5.75 Å². The molecule has 2 N–H and O–H groups in total. The first-order valence-electron chi connectivity index (χ1n) is 6.19. The third kappa shape index (κ3) is 1.94. The zero-order valence-corrected chi connectivity index (χ0v) is 11.0. The summed E-state index contributed by atoms with van der Waals surface area (Å²) in [6.45, 7) is 0.653. The lowest BCUT2D eigenvalue weighted by Crippen LogP contribution is -2.49. The van der Waals surface area contributed by atoms with E-state index < -0.39 is 0 Å². The fourth-order valence-corrected chi connectivity index (χ4v) is 2.90. The number of benzene rings is 1. The van der Waals surface area contributed by atoms with Crippen molar-refractivity contribution in [2.75, 3.05) is 27.7 Å². The van der Waals surface area contributed by atoms with Crippen molar-refractivity contribution in [1.82, 2.24) is 4.90 Å². The maximum atomic E-state index is 6.06. The van der Waals surface area contributed by atoms with E-state index in [4.69, 9.17) is 10.5 Å². The molecule has 3 nitrogen and oxygen atoms in total. The number of methoxy groups -OCH3 is 1. The first-order valence-corrected chi connectivity index (χ1v) is 6.19. The number of rotatable bonds is 3. The molecule has 0 spiro atoms. The summed E-state index contributed by atoms with van der Waals surface area (Å²) in [5, 5.41) is 0. The summed E-state index contributed by atoms with van der Waals surface area (Å²) in [6, 6.07) is 6.38. The standard InChI is InChI=1S/C14H22N2O/c1-16(2)14(10-15)8-4-5-11-6-7-12(17-3)9-13(11)14/h6-7,9H,4-5,8,10,15H2,1-3H3. The van der Waals surface area contributed by atoms with Gasteiger partial charge in [0.2, 0.25) is 0 Å². The van der Waals surface area contributed by atoms with Crippen LogP contribution in [0.5, 0.6) is 5.75 Å². The van der Waals surface area contributed by atoms with Crippen LogP contribution in [0.2, 0.25) is 0 Å². The normalized spacial score (nSPS) is 23.6. The molecular formula is C14H22N2O. The molecule has 0 saturated heterocycles. The van der Waals surface area contributed by atoms with Gasteiger partial charge in [-0.2, -0.15) is 0 Å². The number of likely N-dealkylation sites (N-methyl/N-ethyl adjacent to an activating group) is 1. The molecule has 0 heterocycles. The molecule has 1 unspecified atom stereocenters. The summed E-state index contributed by atoms with van der Waals surface area (Å²) in [6.07, 6.45) is 3.47. The fourth-order valence-electron chi connectivity index (χ4n) is 2.90. The number of nitrogens with two attached hydrogens (primary N) is 1. The van der Waals surface area contributed by atoms with Crippen LogP contribution >= 0.6 is 0 Å². The number of hydrogen-bond acceptors (Lipinski definition) is 3. The minimum atomic E-state index is -0.0257. The van der Waals surface area contributed by atoms with Crippen molar-refractivity contribution in [2.45, 2.75) is 24.8 Å². The molecule has 0 fully saturated rings. The average Bonchev–Trinajstić information content (AvgIpc) is 2.37. The van der Waals surface area contributed by atoms with Crippen molar-refractivity contribution in [1.29, 1.82) is 0 Å². The summed E-state index contributed by atoms with van der Waals surface area (Å²) in [7, 11) is 5.94. The largest absolute Gasteiger partial charge is 0.497 e. The predicted molar refractivity (Wildman–Crippen MR) is 70.4 cm³/mol. The number of aryl methyl sites for hydroxylation is 1. The van der Waals surface area contributed by atoms with Crippen LogP contribution in [-0.2, 0) is 12.0 Å². The van der Waals surface area contributed by atoms with E-state index in [2.05, 4.69) is 31.1 Å². The van der Waals surface area contributed by atoms with E-state index in [0.717, 1.165) is 18.6 Å². The van der Waals surface area contributed by atoms with Crippen molar-refractivity contribution in [3.63, 3.8) is 0 Å². The van der Waals surface area contributed by atoms with Crippen molar-refractivity contribution in [3.05, 3.63) is 29.3 Å². The van der Waals surface area contributed by atoms with Crippen LogP contribution in [0.3, 0.4) is 0 Å². The third-order valence-electron chi connectivity index (χ3n) is 4.05. The molecule has 0 radical (unpaired) electrons. The van der Waals surface area contributed by atoms with E-state index in [1.165, 1.54) is 17.5 Å². The van der Waals surface area contributed by atoms with Gasteiger partial charge in [0.1, 0.15) is 5.75 Å². The van der Waals surface area contributed by atoms with Crippen molar-refractivity contribution >= 4 is 0 Å². The van der Waals surface area contributed by atoms with Crippen LogP contribution in [0.25, 0.3) is 0 Å². The topological polar surface area (TPSA) is 38.5 Å².